The van der Waals surface area contributed by atoms with Gasteiger partial charge in [-0.2, -0.15) is 0 Å². The van der Waals surface area contributed by atoms with Gasteiger partial charge in [0.25, 0.3) is 0 Å². The summed E-state index contributed by atoms with van der Waals surface area (Å²) in [5.41, 5.74) is 0.730. The number of benzene rings is 1. The van der Waals surface area contributed by atoms with Crippen molar-refractivity contribution < 1.29 is 14.6 Å². The summed E-state index contributed by atoms with van der Waals surface area (Å²) in [6.45, 7) is 6.92. The van der Waals surface area contributed by atoms with E-state index in [1.54, 1.807) is 4.90 Å². The second-order valence-corrected chi connectivity index (χ2v) is 6.82. The summed E-state index contributed by atoms with van der Waals surface area (Å²) in [4.78, 5) is 13.5. The highest BCUT2D eigenvalue weighted by molar-refractivity contribution is 5.69. The van der Waals surface area contributed by atoms with Crippen LogP contribution in [0.2, 0.25) is 0 Å². The van der Waals surface area contributed by atoms with Gasteiger partial charge in [0, 0.05) is 25.2 Å². The Labute approximate surface area is 132 Å². The first kappa shape index (κ1) is 16.8. The second-order valence-electron chi connectivity index (χ2n) is 6.82. The van der Waals surface area contributed by atoms with E-state index in [9.17, 15) is 9.90 Å². The van der Waals surface area contributed by atoms with Crippen molar-refractivity contribution >= 4 is 6.09 Å². The third-order valence-corrected chi connectivity index (χ3v) is 3.55. The van der Waals surface area contributed by atoms with E-state index >= 15 is 0 Å². The van der Waals surface area contributed by atoms with E-state index < -0.39 is 5.60 Å². The summed E-state index contributed by atoms with van der Waals surface area (Å²) in [5.74, 6) is 0. The van der Waals surface area contributed by atoms with Crippen LogP contribution in [0.25, 0.3) is 0 Å². The van der Waals surface area contributed by atoms with Crippen molar-refractivity contribution in [3.8, 4) is 0 Å². The number of carbonyl (C=O) groups is 1. The van der Waals surface area contributed by atoms with Gasteiger partial charge in [-0.1, -0.05) is 30.3 Å². The van der Waals surface area contributed by atoms with Crippen LogP contribution < -0.4 is 5.32 Å². The van der Waals surface area contributed by atoms with Crippen LogP contribution in [0.15, 0.2) is 30.3 Å². The molecule has 2 N–H and O–H groups in total. The Kier molecular flexibility index (Phi) is 5.42. The maximum Gasteiger partial charge on any atom is 0.410 e. The first-order valence-corrected chi connectivity index (χ1v) is 7.76. The van der Waals surface area contributed by atoms with Crippen molar-refractivity contribution in [3.05, 3.63) is 35.9 Å². The summed E-state index contributed by atoms with van der Waals surface area (Å²) in [6, 6.07) is 10.3. The lowest BCUT2D eigenvalue weighted by atomic mass is 10.0. The summed E-state index contributed by atoms with van der Waals surface area (Å²) in [5, 5.41) is 12.9. The van der Waals surface area contributed by atoms with Crippen LogP contribution in [0.4, 0.5) is 4.79 Å². The van der Waals surface area contributed by atoms with E-state index in [1.165, 1.54) is 5.56 Å². The van der Waals surface area contributed by atoms with Crippen molar-refractivity contribution in [1.29, 1.82) is 0 Å². The van der Waals surface area contributed by atoms with Gasteiger partial charge in [0.2, 0.25) is 0 Å². The number of aliphatic hydroxyl groups is 1. The Bertz CT molecular complexity index is 478. The molecule has 2 rings (SSSR count). The molecule has 1 aliphatic rings. The third kappa shape index (κ3) is 5.00. The molecule has 1 amide bonds. The maximum absolute atomic E-state index is 11.9. The van der Waals surface area contributed by atoms with E-state index in [4.69, 9.17) is 4.74 Å². The highest BCUT2D eigenvalue weighted by Gasteiger charge is 2.34. The monoisotopic (exact) mass is 306 g/mol. The smallest absolute Gasteiger partial charge is 0.410 e. The number of ether oxygens (including phenoxy) is 1. The van der Waals surface area contributed by atoms with Crippen LogP contribution in [0, 0.1) is 0 Å². The first-order chi connectivity index (χ1) is 10.4. The van der Waals surface area contributed by atoms with Crippen molar-refractivity contribution in [2.24, 2.45) is 0 Å². The second kappa shape index (κ2) is 7.11. The van der Waals surface area contributed by atoms with Crippen LogP contribution >= 0.6 is 0 Å². The lowest BCUT2D eigenvalue weighted by molar-refractivity contribution is 0.00339. The molecule has 1 saturated heterocycles. The minimum absolute atomic E-state index is 0.00758. The van der Waals surface area contributed by atoms with Crippen LogP contribution in [-0.4, -0.2) is 53.5 Å². The summed E-state index contributed by atoms with van der Waals surface area (Å²) in [7, 11) is 0. The first-order valence-electron chi connectivity index (χ1n) is 7.76. The summed E-state index contributed by atoms with van der Waals surface area (Å²) in [6.07, 6.45) is 0.509. The fourth-order valence-corrected chi connectivity index (χ4v) is 2.47. The summed E-state index contributed by atoms with van der Waals surface area (Å²) >= 11 is 0. The lowest BCUT2D eigenvalue weighted by Crippen LogP contribution is -2.63. The predicted octanol–water partition coefficient (Wildman–Crippen LogP) is 1.80. The number of hydrogen-bond donors (Lipinski definition) is 2. The van der Waals surface area contributed by atoms with Gasteiger partial charge in [-0.25, -0.2) is 4.79 Å². The molecule has 1 fully saturated rings. The zero-order valence-corrected chi connectivity index (χ0v) is 13.6. The van der Waals surface area contributed by atoms with Gasteiger partial charge in [0.05, 0.1) is 6.61 Å². The number of aliphatic hydroxyl groups excluding tert-OH is 1. The molecular weight excluding hydrogens is 280 g/mol. The van der Waals surface area contributed by atoms with Crippen LogP contribution in [0.1, 0.15) is 26.3 Å². The zero-order chi connectivity index (χ0) is 16.2. The Morgan fingerprint density at radius 3 is 2.55 bits per heavy atom. The molecule has 1 aromatic carbocycles. The average Bonchev–Trinajstić information content (AvgIpc) is 2.40. The molecule has 1 heterocycles. The molecule has 0 radical (unpaired) electrons. The average molecular weight is 306 g/mol. The molecule has 5 nitrogen and oxygen atoms in total. The van der Waals surface area contributed by atoms with Crippen molar-refractivity contribution in [2.75, 3.05) is 19.7 Å². The predicted molar refractivity (Wildman–Crippen MR) is 85.8 cm³/mol. The Morgan fingerprint density at radius 2 is 2.00 bits per heavy atom. The molecule has 22 heavy (non-hydrogen) atoms. The Hall–Kier alpha value is -1.59. The van der Waals surface area contributed by atoms with Crippen molar-refractivity contribution in [2.45, 2.75) is 44.9 Å². The quantitative estimate of drug-likeness (QED) is 0.871. The number of likely N-dealkylation sites (tertiary alicyclic amines) is 1. The largest absolute Gasteiger partial charge is 0.444 e. The SMILES string of the molecule is CC(C)(C)OC(=O)N1CC(N[C@@H](CO)Cc2ccccc2)C1. The van der Waals surface area contributed by atoms with E-state index in [1.807, 2.05) is 39.0 Å². The number of nitrogens with zero attached hydrogens (tertiary/aromatic N) is 1. The molecule has 0 bridgehead atoms. The molecule has 1 atom stereocenters. The number of nitrogens with one attached hydrogen (secondary N) is 1. The third-order valence-electron chi connectivity index (χ3n) is 3.55. The van der Waals surface area contributed by atoms with Gasteiger partial charge in [-0.05, 0) is 32.8 Å². The van der Waals surface area contributed by atoms with Crippen molar-refractivity contribution in [1.82, 2.24) is 10.2 Å². The Morgan fingerprint density at radius 1 is 1.36 bits per heavy atom. The molecule has 1 aliphatic heterocycles. The lowest BCUT2D eigenvalue weighted by Gasteiger charge is -2.41. The molecular formula is C17H26N2O3. The van der Waals surface area contributed by atoms with E-state index in [0.29, 0.717) is 13.1 Å². The summed E-state index contributed by atoms with van der Waals surface area (Å²) < 4.78 is 5.33. The molecule has 1 aromatic rings. The van der Waals surface area contributed by atoms with Gasteiger partial charge in [0.1, 0.15) is 5.60 Å². The standard InChI is InChI=1S/C17H26N2O3/c1-17(2,3)22-16(21)19-10-15(11-19)18-14(12-20)9-13-7-5-4-6-8-13/h4-8,14-15,18,20H,9-12H2,1-3H3/t14-/m1/s1. The molecule has 122 valence electrons. The molecule has 0 aliphatic carbocycles. The van der Waals surface area contributed by atoms with Gasteiger partial charge in [-0.3, -0.25) is 0 Å². The minimum atomic E-state index is -0.462. The molecule has 0 spiro atoms. The normalized spacial score (nSPS) is 17.0. The highest BCUT2D eigenvalue weighted by atomic mass is 16.6. The highest BCUT2D eigenvalue weighted by Crippen LogP contribution is 2.16. The van der Waals surface area contributed by atoms with Crippen molar-refractivity contribution in [3.63, 3.8) is 0 Å². The number of hydrogen-bond acceptors (Lipinski definition) is 4. The minimum Gasteiger partial charge on any atom is -0.444 e. The van der Waals surface area contributed by atoms with E-state index in [0.717, 1.165) is 6.42 Å². The van der Waals surface area contributed by atoms with E-state index in [-0.39, 0.29) is 24.8 Å². The molecule has 0 saturated carbocycles. The van der Waals surface area contributed by atoms with Gasteiger partial charge in [-0.15, -0.1) is 0 Å². The van der Waals surface area contributed by atoms with E-state index in [2.05, 4.69) is 17.4 Å². The molecule has 0 aromatic heterocycles. The fourth-order valence-electron chi connectivity index (χ4n) is 2.47. The van der Waals surface area contributed by atoms with Gasteiger partial charge < -0.3 is 20.1 Å². The zero-order valence-electron chi connectivity index (χ0n) is 13.6. The molecule has 0 unspecified atom stereocenters. The maximum atomic E-state index is 11.9. The van der Waals surface area contributed by atoms with Crippen LogP contribution in [-0.2, 0) is 11.2 Å². The van der Waals surface area contributed by atoms with Crippen LogP contribution in [0.5, 0.6) is 0 Å². The van der Waals surface area contributed by atoms with Gasteiger partial charge >= 0.3 is 6.09 Å². The van der Waals surface area contributed by atoms with Gasteiger partial charge in [0.15, 0.2) is 0 Å². The van der Waals surface area contributed by atoms with Crippen LogP contribution in [0.3, 0.4) is 0 Å². The molecule has 5 heteroatoms. The topological polar surface area (TPSA) is 61.8 Å². The number of amides is 1. The number of carbonyl (C=O) groups excluding carboxylic acids is 1. The fraction of sp³-hybridized carbons (Fsp3) is 0.588. The Balaban J connectivity index is 1.75. The number of rotatable bonds is 5.